The lowest BCUT2D eigenvalue weighted by molar-refractivity contribution is -0.144. The minimum atomic E-state index is -0.831. The zero-order chi connectivity index (χ0) is 27.6. The van der Waals surface area contributed by atoms with Crippen LogP contribution in [0.25, 0.3) is 5.82 Å². The highest BCUT2D eigenvalue weighted by atomic mass is 19.1. The zero-order valence-electron chi connectivity index (χ0n) is 22.6. The van der Waals surface area contributed by atoms with E-state index in [4.69, 9.17) is 9.72 Å². The summed E-state index contributed by atoms with van der Waals surface area (Å²) in [5.41, 5.74) is 2.15. The van der Waals surface area contributed by atoms with E-state index in [1.807, 2.05) is 39.0 Å². The van der Waals surface area contributed by atoms with Crippen LogP contribution in [-0.2, 0) is 9.53 Å². The lowest BCUT2D eigenvalue weighted by atomic mass is 9.82. The first-order valence-electron chi connectivity index (χ1n) is 13.0. The van der Waals surface area contributed by atoms with Gasteiger partial charge >= 0.3 is 0 Å². The molecule has 0 amide bonds. The standard InChI is InChI=1S/C28H33FN8O2/c1-18-11-24(32-25-14-20(3)34-35-25)33-27(12-18)36-9-7-28(39-4,8-10-36)23(38)13-19(2)21-5-6-26(30-15-21)37-17-22(29)16-31-37/h5-6,11-12,14-17,19H,7-10,13H2,1-4H3,(H2,32,33,34,35)/t19-/m1/s1. The van der Waals surface area contributed by atoms with Crippen LogP contribution in [-0.4, -0.2) is 61.5 Å². The topological polar surface area (TPSA) is 114 Å². The van der Waals surface area contributed by atoms with Gasteiger partial charge in [0.15, 0.2) is 23.2 Å². The van der Waals surface area contributed by atoms with Gasteiger partial charge in [-0.25, -0.2) is 19.0 Å². The summed E-state index contributed by atoms with van der Waals surface area (Å²) in [6, 6.07) is 9.64. The molecule has 4 aromatic rings. The fourth-order valence-corrected chi connectivity index (χ4v) is 5.01. The SMILES string of the molecule is COC1(C(=O)C[C@@H](C)c2ccc(-n3cc(F)cn3)nc2)CCN(c2cc(C)cc(Nc3cc(C)[nH]n3)n2)CC1. The fraction of sp³-hybridized carbons (Fsp3) is 0.393. The number of Topliss-reactive ketones (excluding diaryl/α,β-unsaturated/α-hetero) is 1. The Morgan fingerprint density at radius 2 is 1.95 bits per heavy atom. The molecule has 0 radical (unpaired) electrons. The lowest BCUT2D eigenvalue weighted by Crippen LogP contribution is -2.51. The number of ketones is 1. The number of aromatic amines is 1. The molecule has 5 rings (SSSR count). The predicted octanol–water partition coefficient (Wildman–Crippen LogP) is 4.63. The highest BCUT2D eigenvalue weighted by Crippen LogP contribution is 2.33. The van der Waals surface area contributed by atoms with E-state index in [9.17, 15) is 9.18 Å². The van der Waals surface area contributed by atoms with E-state index >= 15 is 0 Å². The Morgan fingerprint density at radius 1 is 1.15 bits per heavy atom. The van der Waals surface area contributed by atoms with Crippen LogP contribution in [0, 0.1) is 19.7 Å². The maximum Gasteiger partial charge on any atom is 0.165 e. The number of aryl methyl sites for hydroxylation is 2. The van der Waals surface area contributed by atoms with Gasteiger partial charge in [0, 0.05) is 57.4 Å². The average molecular weight is 533 g/mol. The van der Waals surface area contributed by atoms with Crippen LogP contribution in [0.1, 0.15) is 48.9 Å². The first-order valence-corrected chi connectivity index (χ1v) is 13.0. The van der Waals surface area contributed by atoms with Gasteiger partial charge in [-0.05, 0) is 49.1 Å². The highest BCUT2D eigenvalue weighted by Gasteiger charge is 2.42. The van der Waals surface area contributed by atoms with E-state index in [1.54, 1.807) is 19.4 Å². The number of anilines is 3. The molecule has 1 atom stereocenters. The quantitative estimate of drug-likeness (QED) is 0.321. The molecule has 39 heavy (non-hydrogen) atoms. The van der Waals surface area contributed by atoms with Crippen LogP contribution in [0.2, 0.25) is 0 Å². The van der Waals surface area contributed by atoms with Crippen molar-refractivity contribution in [1.29, 1.82) is 0 Å². The van der Waals surface area contributed by atoms with Crippen LogP contribution < -0.4 is 10.2 Å². The van der Waals surface area contributed by atoms with Crippen molar-refractivity contribution < 1.29 is 13.9 Å². The summed E-state index contributed by atoms with van der Waals surface area (Å²) >= 11 is 0. The summed E-state index contributed by atoms with van der Waals surface area (Å²) in [7, 11) is 1.62. The first-order chi connectivity index (χ1) is 18.7. The van der Waals surface area contributed by atoms with Crippen molar-refractivity contribution in [2.45, 2.75) is 51.6 Å². The molecule has 1 aliphatic rings. The Labute approximate surface area is 226 Å². The number of ether oxygens (including phenoxy) is 1. The number of rotatable bonds is 9. The number of halogens is 1. The number of carbonyl (C=O) groups excluding carboxylic acids is 1. The number of nitrogens with zero attached hydrogens (tertiary/aromatic N) is 6. The van der Waals surface area contributed by atoms with E-state index in [-0.39, 0.29) is 11.7 Å². The van der Waals surface area contributed by atoms with Crippen molar-refractivity contribution in [3.05, 3.63) is 71.6 Å². The van der Waals surface area contributed by atoms with Crippen molar-refractivity contribution in [2.24, 2.45) is 0 Å². The van der Waals surface area contributed by atoms with Crippen LogP contribution in [0.15, 0.2) is 48.9 Å². The monoisotopic (exact) mass is 532 g/mol. The second-order valence-corrected chi connectivity index (χ2v) is 10.2. The Morgan fingerprint density at radius 3 is 2.56 bits per heavy atom. The number of piperidine rings is 1. The lowest BCUT2D eigenvalue weighted by Gasteiger charge is -2.40. The van der Waals surface area contributed by atoms with E-state index in [0.717, 1.165) is 34.7 Å². The summed E-state index contributed by atoms with van der Waals surface area (Å²) in [6.07, 6.45) is 5.62. The second-order valence-electron chi connectivity index (χ2n) is 10.2. The van der Waals surface area contributed by atoms with Gasteiger partial charge in [-0.1, -0.05) is 13.0 Å². The Bertz CT molecular complexity index is 1440. The van der Waals surface area contributed by atoms with Crippen molar-refractivity contribution >= 4 is 23.2 Å². The Hall–Kier alpha value is -4.12. The average Bonchev–Trinajstić information content (AvgIpc) is 3.55. The van der Waals surface area contributed by atoms with Gasteiger partial charge < -0.3 is 15.0 Å². The minimum absolute atomic E-state index is 0.0452. The molecule has 0 spiro atoms. The molecule has 2 N–H and O–H groups in total. The van der Waals surface area contributed by atoms with Gasteiger partial charge in [0.05, 0.1) is 12.4 Å². The van der Waals surface area contributed by atoms with Crippen LogP contribution in [0.4, 0.5) is 21.8 Å². The third kappa shape index (κ3) is 5.83. The van der Waals surface area contributed by atoms with Gasteiger partial charge in [0.1, 0.15) is 17.2 Å². The molecular weight excluding hydrogens is 499 g/mol. The first kappa shape index (κ1) is 26.5. The van der Waals surface area contributed by atoms with E-state index < -0.39 is 11.4 Å². The normalized spacial score (nSPS) is 15.8. The Kier molecular flexibility index (Phi) is 7.42. The number of hydrogen-bond donors (Lipinski definition) is 2. The number of pyridine rings is 2. The van der Waals surface area contributed by atoms with Crippen LogP contribution >= 0.6 is 0 Å². The molecule has 1 saturated heterocycles. The molecular formula is C28H33FN8O2. The van der Waals surface area contributed by atoms with Gasteiger partial charge in [-0.3, -0.25) is 9.89 Å². The molecule has 11 heteroatoms. The molecule has 0 aromatic carbocycles. The summed E-state index contributed by atoms with van der Waals surface area (Å²) < 4.78 is 20.5. The molecule has 0 unspecified atom stereocenters. The van der Waals surface area contributed by atoms with Crippen LogP contribution in [0.5, 0.6) is 0 Å². The van der Waals surface area contributed by atoms with Crippen molar-refractivity contribution in [3.8, 4) is 5.82 Å². The molecule has 0 aliphatic carbocycles. The largest absolute Gasteiger partial charge is 0.370 e. The number of methoxy groups -OCH3 is 1. The van der Waals surface area contributed by atoms with Gasteiger partial charge in [0.25, 0.3) is 0 Å². The number of nitrogens with one attached hydrogen (secondary N) is 2. The zero-order valence-corrected chi connectivity index (χ0v) is 22.6. The van der Waals surface area contributed by atoms with E-state index in [0.29, 0.717) is 44.0 Å². The van der Waals surface area contributed by atoms with Crippen molar-refractivity contribution in [1.82, 2.24) is 29.9 Å². The van der Waals surface area contributed by atoms with E-state index in [1.165, 1.54) is 10.9 Å². The maximum atomic E-state index is 13.5. The fourth-order valence-electron chi connectivity index (χ4n) is 5.01. The second kappa shape index (κ2) is 10.9. The van der Waals surface area contributed by atoms with Crippen LogP contribution in [0.3, 0.4) is 0 Å². The smallest absolute Gasteiger partial charge is 0.165 e. The van der Waals surface area contributed by atoms with Crippen molar-refractivity contribution in [2.75, 3.05) is 30.4 Å². The molecule has 4 aromatic heterocycles. The molecule has 0 saturated carbocycles. The number of carbonyl (C=O) groups is 1. The van der Waals surface area contributed by atoms with Gasteiger partial charge in [0.2, 0.25) is 0 Å². The minimum Gasteiger partial charge on any atom is -0.370 e. The Balaban J connectivity index is 1.22. The van der Waals surface area contributed by atoms with E-state index in [2.05, 4.69) is 36.6 Å². The number of H-pyrrole nitrogens is 1. The molecule has 1 aliphatic heterocycles. The summed E-state index contributed by atoms with van der Waals surface area (Å²) in [6.45, 7) is 7.30. The third-order valence-electron chi connectivity index (χ3n) is 7.33. The molecule has 0 bridgehead atoms. The van der Waals surface area contributed by atoms with Gasteiger partial charge in [-0.15, -0.1) is 0 Å². The third-order valence-corrected chi connectivity index (χ3v) is 7.33. The summed E-state index contributed by atoms with van der Waals surface area (Å²) in [4.78, 5) is 24.9. The van der Waals surface area contributed by atoms with Gasteiger partial charge in [-0.2, -0.15) is 10.2 Å². The molecule has 1 fully saturated rings. The van der Waals surface area contributed by atoms with Crippen molar-refractivity contribution in [3.63, 3.8) is 0 Å². The number of hydrogen-bond acceptors (Lipinski definition) is 8. The predicted molar refractivity (Wildman–Crippen MR) is 146 cm³/mol. The molecule has 10 nitrogen and oxygen atoms in total. The summed E-state index contributed by atoms with van der Waals surface area (Å²) in [5.74, 6) is 2.44. The maximum absolute atomic E-state index is 13.5. The molecule has 5 heterocycles. The summed E-state index contributed by atoms with van der Waals surface area (Å²) in [5, 5.41) is 14.4. The highest BCUT2D eigenvalue weighted by molar-refractivity contribution is 5.88. The number of aromatic nitrogens is 6. The molecule has 204 valence electrons.